The molecule has 1 unspecified atom stereocenters. The average molecular weight is 376 g/mol. The summed E-state index contributed by atoms with van der Waals surface area (Å²) in [4.78, 5) is 32.4. The quantitative estimate of drug-likeness (QED) is 0.516. The molecule has 5 rings (SSSR count). The number of pyridine rings is 1. The highest BCUT2D eigenvalue weighted by molar-refractivity contribution is 5.79. The third kappa shape index (κ3) is 2.46. The van der Waals surface area contributed by atoms with Crippen molar-refractivity contribution >= 4 is 16.7 Å². The van der Waals surface area contributed by atoms with E-state index in [0.29, 0.717) is 28.2 Å². The second kappa shape index (κ2) is 6.05. The van der Waals surface area contributed by atoms with E-state index >= 15 is 0 Å². The molecule has 1 atom stereocenters. The molecule has 5 aromatic heterocycles. The van der Waals surface area contributed by atoms with Crippen LogP contribution in [-0.4, -0.2) is 39.1 Å². The van der Waals surface area contributed by atoms with Gasteiger partial charge in [0.25, 0.3) is 0 Å². The number of H-pyrrole nitrogens is 1. The molecule has 28 heavy (non-hydrogen) atoms. The molecule has 0 aliphatic carbocycles. The minimum absolute atomic E-state index is 0.346. The third-order valence-corrected chi connectivity index (χ3v) is 4.59. The highest BCUT2D eigenvalue weighted by Crippen LogP contribution is 2.23. The van der Waals surface area contributed by atoms with Crippen molar-refractivity contribution in [2.75, 3.05) is 0 Å². The van der Waals surface area contributed by atoms with Crippen molar-refractivity contribution in [3.63, 3.8) is 0 Å². The van der Waals surface area contributed by atoms with E-state index in [1.807, 2.05) is 0 Å². The Balaban J connectivity index is 1.68. The first-order valence-corrected chi connectivity index (χ1v) is 8.48. The number of hydrogen-bond donors (Lipinski definition) is 1. The van der Waals surface area contributed by atoms with Crippen LogP contribution >= 0.6 is 0 Å². The van der Waals surface area contributed by atoms with Crippen LogP contribution in [0.3, 0.4) is 0 Å². The summed E-state index contributed by atoms with van der Waals surface area (Å²) in [5.41, 5.74) is 2.57. The minimum atomic E-state index is -0.449. The SMILES string of the molecule is CC(c1ccc(F)cn1)n1c(=O)[nH]c2cnc(-c3cnn4ccncc34)nc21. The second-order valence-corrected chi connectivity index (χ2v) is 6.27. The maximum atomic E-state index is 13.2. The van der Waals surface area contributed by atoms with Gasteiger partial charge in [-0.25, -0.2) is 23.7 Å². The zero-order chi connectivity index (χ0) is 19.3. The van der Waals surface area contributed by atoms with Crippen LogP contribution < -0.4 is 5.69 Å². The Kier molecular flexibility index (Phi) is 3.51. The van der Waals surface area contributed by atoms with Gasteiger partial charge in [0.15, 0.2) is 11.5 Å². The van der Waals surface area contributed by atoms with Crippen molar-refractivity contribution in [2.45, 2.75) is 13.0 Å². The van der Waals surface area contributed by atoms with Crippen LogP contribution in [0.5, 0.6) is 0 Å². The molecule has 10 heteroatoms. The van der Waals surface area contributed by atoms with Crippen LogP contribution in [0, 0.1) is 5.82 Å². The van der Waals surface area contributed by atoms with Gasteiger partial charge in [-0.05, 0) is 19.1 Å². The highest BCUT2D eigenvalue weighted by atomic mass is 19.1. The maximum absolute atomic E-state index is 13.2. The van der Waals surface area contributed by atoms with E-state index < -0.39 is 11.9 Å². The van der Waals surface area contributed by atoms with Gasteiger partial charge in [0.05, 0.1) is 47.6 Å². The van der Waals surface area contributed by atoms with E-state index in [1.165, 1.54) is 10.6 Å². The second-order valence-electron chi connectivity index (χ2n) is 6.27. The number of aromatic amines is 1. The summed E-state index contributed by atoms with van der Waals surface area (Å²) in [5, 5.41) is 4.27. The van der Waals surface area contributed by atoms with Gasteiger partial charge in [0.1, 0.15) is 11.3 Å². The summed E-state index contributed by atoms with van der Waals surface area (Å²) in [6.07, 6.45) is 9.36. The van der Waals surface area contributed by atoms with Crippen LogP contribution in [0.2, 0.25) is 0 Å². The normalized spacial score (nSPS) is 12.6. The fourth-order valence-electron chi connectivity index (χ4n) is 3.18. The van der Waals surface area contributed by atoms with Gasteiger partial charge in [-0.15, -0.1) is 0 Å². The molecule has 5 aromatic rings. The van der Waals surface area contributed by atoms with Crippen LogP contribution in [-0.2, 0) is 0 Å². The largest absolute Gasteiger partial charge is 0.328 e. The van der Waals surface area contributed by atoms with E-state index in [1.54, 1.807) is 48.5 Å². The monoisotopic (exact) mass is 376 g/mol. The highest BCUT2D eigenvalue weighted by Gasteiger charge is 2.19. The fourth-order valence-corrected chi connectivity index (χ4v) is 3.18. The Labute approximate surface area is 156 Å². The molecule has 138 valence electrons. The number of nitrogens with one attached hydrogen (secondary N) is 1. The van der Waals surface area contributed by atoms with Gasteiger partial charge in [-0.1, -0.05) is 0 Å². The molecule has 0 aliphatic rings. The molecule has 0 saturated heterocycles. The molecule has 0 aromatic carbocycles. The van der Waals surface area contributed by atoms with Crippen LogP contribution in [0.25, 0.3) is 28.1 Å². The smallest absolute Gasteiger partial charge is 0.303 e. The molecule has 1 N–H and O–H groups in total. The minimum Gasteiger partial charge on any atom is -0.303 e. The molecular formula is C18H13FN8O. The molecule has 0 spiro atoms. The van der Waals surface area contributed by atoms with E-state index in [2.05, 4.69) is 30.0 Å². The third-order valence-electron chi connectivity index (χ3n) is 4.59. The number of halogens is 1. The Morgan fingerprint density at radius 2 is 2.04 bits per heavy atom. The van der Waals surface area contributed by atoms with E-state index in [4.69, 9.17) is 0 Å². The lowest BCUT2D eigenvalue weighted by Crippen LogP contribution is -2.22. The molecule has 5 heterocycles. The molecule has 0 aliphatic heterocycles. The van der Waals surface area contributed by atoms with E-state index in [9.17, 15) is 9.18 Å². The van der Waals surface area contributed by atoms with Crippen molar-refractivity contribution in [2.24, 2.45) is 0 Å². The lowest BCUT2D eigenvalue weighted by atomic mass is 10.2. The summed E-state index contributed by atoms with van der Waals surface area (Å²) in [7, 11) is 0. The van der Waals surface area contributed by atoms with Gasteiger partial charge in [-0.3, -0.25) is 14.5 Å². The van der Waals surface area contributed by atoms with Crippen LogP contribution in [0.4, 0.5) is 4.39 Å². The standard InChI is InChI=1S/C18H13FN8O/c1-10(13-3-2-11(19)6-21-13)27-17-14(24-18(27)28)8-22-16(25-17)12-7-23-26-5-4-20-9-15(12)26/h2-10H,1H3,(H,24,28). The summed E-state index contributed by atoms with van der Waals surface area (Å²) in [6.45, 7) is 1.80. The molecule has 0 bridgehead atoms. The van der Waals surface area contributed by atoms with E-state index in [0.717, 1.165) is 11.7 Å². The van der Waals surface area contributed by atoms with Crippen molar-refractivity contribution in [3.8, 4) is 11.4 Å². The van der Waals surface area contributed by atoms with Crippen molar-refractivity contribution in [1.82, 2.24) is 39.1 Å². The van der Waals surface area contributed by atoms with Gasteiger partial charge in [-0.2, -0.15) is 5.10 Å². The van der Waals surface area contributed by atoms with Crippen molar-refractivity contribution < 1.29 is 4.39 Å². The predicted molar refractivity (Wildman–Crippen MR) is 98.1 cm³/mol. The molecule has 0 amide bonds. The summed E-state index contributed by atoms with van der Waals surface area (Å²) >= 11 is 0. The summed E-state index contributed by atoms with van der Waals surface area (Å²) in [5.74, 6) is -0.0176. The molecular weight excluding hydrogens is 363 g/mol. The first-order valence-electron chi connectivity index (χ1n) is 8.48. The Hall–Kier alpha value is -3.95. The Morgan fingerprint density at radius 3 is 2.86 bits per heavy atom. The van der Waals surface area contributed by atoms with Gasteiger partial charge >= 0.3 is 5.69 Å². The number of hydrogen-bond acceptors (Lipinski definition) is 6. The maximum Gasteiger partial charge on any atom is 0.328 e. The lowest BCUT2D eigenvalue weighted by Gasteiger charge is -2.12. The summed E-state index contributed by atoms with van der Waals surface area (Å²) in [6, 6.07) is 2.41. The van der Waals surface area contributed by atoms with Gasteiger partial charge < -0.3 is 4.98 Å². The number of fused-ring (bicyclic) bond motifs is 2. The topological polar surface area (TPSA) is 107 Å². The number of imidazole rings is 1. The Morgan fingerprint density at radius 1 is 1.14 bits per heavy atom. The molecule has 9 nitrogen and oxygen atoms in total. The molecule has 0 fully saturated rings. The van der Waals surface area contributed by atoms with Gasteiger partial charge in [0.2, 0.25) is 0 Å². The lowest BCUT2D eigenvalue weighted by molar-refractivity contribution is 0.592. The average Bonchev–Trinajstić information content (AvgIpc) is 3.27. The first-order chi connectivity index (χ1) is 13.6. The molecule has 0 saturated carbocycles. The zero-order valence-corrected chi connectivity index (χ0v) is 14.6. The first kappa shape index (κ1) is 16.2. The van der Waals surface area contributed by atoms with Crippen molar-refractivity contribution in [3.05, 3.63) is 71.3 Å². The Bertz CT molecular complexity index is 1370. The van der Waals surface area contributed by atoms with Crippen LogP contribution in [0.1, 0.15) is 18.7 Å². The fraction of sp³-hybridized carbons (Fsp3) is 0.111. The molecule has 0 radical (unpaired) electrons. The van der Waals surface area contributed by atoms with E-state index in [-0.39, 0.29) is 5.69 Å². The zero-order valence-electron chi connectivity index (χ0n) is 14.6. The van der Waals surface area contributed by atoms with Crippen LogP contribution in [0.15, 0.2) is 54.1 Å². The number of nitrogens with zero attached hydrogens (tertiary/aromatic N) is 7. The van der Waals surface area contributed by atoms with Crippen molar-refractivity contribution in [1.29, 1.82) is 0 Å². The number of aromatic nitrogens is 8. The number of rotatable bonds is 3. The predicted octanol–water partition coefficient (Wildman–Crippen LogP) is 1.97. The van der Waals surface area contributed by atoms with Gasteiger partial charge in [0, 0.05) is 12.4 Å². The summed E-state index contributed by atoms with van der Waals surface area (Å²) < 4.78 is 16.3.